The minimum absolute atomic E-state index is 0.0149. The number of Topliss-reactive ketones (excluding diaryl/α,β-unsaturated/α-hetero) is 1. The van der Waals surface area contributed by atoms with Crippen LogP contribution in [0.1, 0.15) is 29.3 Å². The molecule has 2 aromatic carbocycles. The Balaban J connectivity index is 2.09. The third-order valence-electron chi connectivity index (χ3n) is 4.60. The lowest BCUT2D eigenvalue weighted by atomic mass is 10.0. The molecule has 0 radical (unpaired) electrons. The molecule has 0 aliphatic heterocycles. The Morgan fingerprint density at radius 3 is 2.59 bits per heavy atom. The van der Waals surface area contributed by atoms with Crippen LogP contribution >= 0.6 is 0 Å². The van der Waals surface area contributed by atoms with Gasteiger partial charge in [0.25, 0.3) is 0 Å². The van der Waals surface area contributed by atoms with Crippen molar-refractivity contribution < 1.29 is 17.9 Å². The van der Waals surface area contributed by atoms with E-state index in [2.05, 4.69) is 10.3 Å². The number of ketones is 1. The maximum atomic E-state index is 12.5. The summed E-state index contributed by atoms with van der Waals surface area (Å²) in [6, 6.07) is 13.3. The summed E-state index contributed by atoms with van der Waals surface area (Å²) in [5.74, 6) is 0.387. The van der Waals surface area contributed by atoms with Crippen molar-refractivity contribution in [2.45, 2.75) is 20.3 Å². The summed E-state index contributed by atoms with van der Waals surface area (Å²) >= 11 is 0. The van der Waals surface area contributed by atoms with Gasteiger partial charge in [-0.3, -0.25) is 9.78 Å². The lowest BCUT2D eigenvalue weighted by Crippen LogP contribution is -2.12. The van der Waals surface area contributed by atoms with Gasteiger partial charge in [0.05, 0.1) is 17.0 Å². The molecule has 0 atom stereocenters. The molecule has 7 heteroatoms. The normalized spacial score (nSPS) is 11.4. The third kappa shape index (κ3) is 4.92. The summed E-state index contributed by atoms with van der Waals surface area (Å²) in [5.41, 5.74) is 3.70. The van der Waals surface area contributed by atoms with E-state index in [4.69, 9.17) is 4.74 Å². The number of rotatable bonds is 8. The molecule has 6 nitrogen and oxygen atoms in total. The van der Waals surface area contributed by atoms with Crippen LogP contribution in [0.2, 0.25) is 0 Å². The Morgan fingerprint density at radius 2 is 1.90 bits per heavy atom. The van der Waals surface area contributed by atoms with Gasteiger partial charge in [-0.2, -0.15) is 0 Å². The van der Waals surface area contributed by atoms with Gasteiger partial charge in [-0.15, -0.1) is 0 Å². The fraction of sp³-hybridized carbons (Fsp3) is 0.273. The van der Waals surface area contributed by atoms with Crippen molar-refractivity contribution in [3.63, 3.8) is 0 Å². The van der Waals surface area contributed by atoms with Crippen LogP contribution in [0, 0.1) is 6.92 Å². The Labute approximate surface area is 170 Å². The van der Waals surface area contributed by atoms with Crippen LogP contribution in [0.25, 0.3) is 10.9 Å². The Hall–Kier alpha value is -2.93. The first-order chi connectivity index (χ1) is 13.8. The average molecular weight is 413 g/mol. The number of ether oxygens (including phenoxy) is 1. The van der Waals surface area contributed by atoms with Crippen molar-refractivity contribution in [2.75, 3.05) is 23.9 Å². The van der Waals surface area contributed by atoms with Crippen LogP contribution in [0.5, 0.6) is 5.75 Å². The van der Waals surface area contributed by atoms with Crippen molar-refractivity contribution >= 4 is 37.9 Å². The number of para-hydroxylation sites is 2. The molecule has 0 saturated carbocycles. The Bertz CT molecular complexity index is 1160. The van der Waals surface area contributed by atoms with Crippen molar-refractivity contribution in [3.05, 3.63) is 59.8 Å². The summed E-state index contributed by atoms with van der Waals surface area (Å²) in [6.07, 6.45) is 3.09. The van der Waals surface area contributed by atoms with Gasteiger partial charge in [0.1, 0.15) is 17.9 Å². The molecule has 0 saturated heterocycles. The van der Waals surface area contributed by atoms with Crippen molar-refractivity contribution in [2.24, 2.45) is 0 Å². The minimum Gasteiger partial charge on any atom is -0.490 e. The van der Waals surface area contributed by atoms with Crippen LogP contribution in [0.3, 0.4) is 0 Å². The summed E-state index contributed by atoms with van der Waals surface area (Å²) < 4.78 is 28.5. The zero-order valence-corrected chi connectivity index (χ0v) is 17.5. The number of sulfone groups is 1. The van der Waals surface area contributed by atoms with Crippen LogP contribution in [0.15, 0.2) is 48.7 Å². The van der Waals surface area contributed by atoms with E-state index in [0.29, 0.717) is 28.9 Å². The minimum atomic E-state index is -3.12. The van der Waals surface area contributed by atoms with Crippen molar-refractivity contribution in [3.8, 4) is 5.75 Å². The number of aryl methyl sites for hydroxylation is 1. The standard InChI is InChI=1S/C22H24N2O4S/c1-4-19(25)17-14-23-22-16(21(17)24-18-10-6-5-8-15(18)2)9-7-11-20(22)28-12-13-29(3,26)27/h5-11,14H,4,12-13H2,1-3H3,(H,23,24). The number of hydrogen-bond acceptors (Lipinski definition) is 6. The molecular formula is C22H24N2O4S. The molecule has 0 aliphatic carbocycles. The van der Waals surface area contributed by atoms with Crippen LogP contribution in [-0.4, -0.2) is 37.8 Å². The number of carbonyl (C=O) groups excluding carboxylic acids is 1. The van der Waals surface area contributed by atoms with Crippen molar-refractivity contribution in [1.29, 1.82) is 0 Å². The topological polar surface area (TPSA) is 85.4 Å². The van der Waals surface area contributed by atoms with Crippen LogP contribution in [0.4, 0.5) is 11.4 Å². The van der Waals surface area contributed by atoms with Crippen molar-refractivity contribution in [1.82, 2.24) is 4.98 Å². The number of fused-ring (bicyclic) bond motifs is 1. The molecule has 1 aromatic heterocycles. The first kappa shape index (κ1) is 20.8. The second kappa shape index (κ2) is 8.61. The van der Waals surface area contributed by atoms with E-state index in [0.717, 1.165) is 16.6 Å². The van der Waals surface area contributed by atoms with E-state index in [-0.39, 0.29) is 18.1 Å². The van der Waals surface area contributed by atoms with Gasteiger partial charge in [-0.25, -0.2) is 8.42 Å². The van der Waals surface area contributed by atoms with Gasteiger partial charge in [0.15, 0.2) is 15.6 Å². The van der Waals surface area contributed by atoms with E-state index < -0.39 is 9.84 Å². The first-order valence-corrected chi connectivity index (χ1v) is 11.4. The fourth-order valence-corrected chi connectivity index (χ4v) is 3.39. The molecule has 3 rings (SSSR count). The van der Waals surface area contributed by atoms with Gasteiger partial charge in [-0.1, -0.05) is 37.3 Å². The molecule has 0 spiro atoms. The van der Waals surface area contributed by atoms with Crippen LogP contribution in [-0.2, 0) is 9.84 Å². The molecule has 1 heterocycles. The number of anilines is 2. The quantitative estimate of drug-likeness (QED) is 0.555. The highest BCUT2D eigenvalue weighted by atomic mass is 32.2. The summed E-state index contributed by atoms with van der Waals surface area (Å²) in [7, 11) is -3.12. The largest absolute Gasteiger partial charge is 0.490 e. The number of pyridine rings is 1. The molecule has 1 N–H and O–H groups in total. The molecule has 0 amide bonds. The third-order valence-corrected chi connectivity index (χ3v) is 5.51. The molecule has 0 fully saturated rings. The van der Waals surface area contributed by atoms with Crippen LogP contribution < -0.4 is 10.1 Å². The van der Waals surface area contributed by atoms with Gasteiger partial charge < -0.3 is 10.1 Å². The molecule has 152 valence electrons. The number of hydrogen-bond donors (Lipinski definition) is 1. The monoisotopic (exact) mass is 412 g/mol. The lowest BCUT2D eigenvalue weighted by molar-refractivity contribution is 0.0988. The van der Waals surface area contributed by atoms with E-state index in [1.165, 1.54) is 6.26 Å². The smallest absolute Gasteiger partial charge is 0.166 e. The summed E-state index contributed by atoms with van der Waals surface area (Å²) in [4.78, 5) is 17.0. The van der Waals surface area contributed by atoms with E-state index >= 15 is 0 Å². The predicted molar refractivity (Wildman–Crippen MR) is 116 cm³/mol. The second-order valence-electron chi connectivity index (χ2n) is 6.89. The highest BCUT2D eigenvalue weighted by Gasteiger charge is 2.17. The summed E-state index contributed by atoms with van der Waals surface area (Å²) in [6.45, 7) is 3.84. The maximum Gasteiger partial charge on any atom is 0.166 e. The molecule has 0 aliphatic rings. The number of benzene rings is 2. The molecular weight excluding hydrogens is 388 g/mol. The Kier molecular flexibility index (Phi) is 6.17. The van der Waals surface area contributed by atoms with Gasteiger partial charge in [0, 0.05) is 29.9 Å². The van der Waals surface area contributed by atoms with E-state index in [9.17, 15) is 13.2 Å². The number of nitrogens with zero attached hydrogens (tertiary/aromatic N) is 1. The molecule has 29 heavy (non-hydrogen) atoms. The lowest BCUT2D eigenvalue weighted by Gasteiger charge is -2.17. The molecule has 0 unspecified atom stereocenters. The number of aromatic nitrogens is 1. The maximum absolute atomic E-state index is 12.5. The highest BCUT2D eigenvalue weighted by molar-refractivity contribution is 7.90. The van der Waals surface area contributed by atoms with E-state index in [1.807, 2.05) is 50.2 Å². The highest BCUT2D eigenvalue weighted by Crippen LogP contribution is 2.34. The SMILES string of the molecule is CCC(=O)c1cnc2c(OCCS(C)(=O)=O)cccc2c1Nc1ccccc1C. The van der Waals surface area contributed by atoms with Gasteiger partial charge in [-0.05, 0) is 24.6 Å². The second-order valence-corrected chi connectivity index (χ2v) is 9.15. The average Bonchev–Trinajstić information content (AvgIpc) is 2.68. The number of nitrogens with one attached hydrogen (secondary N) is 1. The van der Waals surface area contributed by atoms with Gasteiger partial charge in [0.2, 0.25) is 0 Å². The zero-order valence-electron chi connectivity index (χ0n) is 16.7. The molecule has 0 bridgehead atoms. The summed E-state index contributed by atoms with van der Waals surface area (Å²) in [5, 5.41) is 4.13. The van der Waals surface area contributed by atoms with E-state index in [1.54, 1.807) is 12.3 Å². The zero-order chi connectivity index (χ0) is 21.0. The predicted octanol–water partition coefficient (Wildman–Crippen LogP) is 4.30. The fourth-order valence-electron chi connectivity index (χ4n) is 3.00. The Morgan fingerprint density at radius 1 is 1.14 bits per heavy atom. The van der Waals surface area contributed by atoms with Gasteiger partial charge >= 0.3 is 0 Å². The number of carbonyl (C=O) groups is 1. The molecule has 3 aromatic rings. The first-order valence-electron chi connectivity index (χ1n) is 9.38.